The van der Waals surface area contributed by atoms with Crippen LogP contribution in [0.15, 0.2) is 24.3 Å². The third-order valence-electron chi connectivity index (χ3n) is 4.09. The predicted octanol–water partition coefficient (Wildman–Crippen LogP) is 2.51. The maximum Gasteiger partial charge on any atom is 0.338 e. The van der Waals surface area contributed by atoms with Gasteiger partial charge < -0.3 is 9.64 Å². The Hall–Kier alpha value is -2.35. The van der Waals surface area contributed by atoms with Crippen molar-refractivity contribution in [3.8, 4) is 6.07 Å². The number of nitriles is 1. The molecule has 1 amide bonds. The van der Waals surface area contributed by atoms with Gasteiger partial charge in [-0.1, -0.05) is 19.3 Å². The van der Waals surface area contributed by atoms with Gasteiger partial charge >= 0.3 is 5.97 Å². The second-order valence-electron chi connectivity index (χ2n) is 5.56. The lowest BCUT2D eigenvalue weighted by atomic mass is 9.94. The highest BCUT2D eigenvalue weighted by Gasteiger charge is 2.22. The summed E-state index contributed by atoms with van der Waals surface area (Å²) in [6, 6.07) is 8.39. The summed E-state index contributed by atoms with van der Waals surface area (Å²) >= 11 is 0. The predicted molar refractivity (Wildman–Crippen MR) is 81.1 cm³/mol. The second-order valence-corrected chi connectivity index (χ2v) is 5.56. The van der Waals surface area contributed by atoms with E-state index in [0.29, 0.717) is 11.1 Å². The molecule has 22 heavy (non-hydrogen) atoms. The van der Waals surface area contributed by atoms with Gasteiger partial charge in [0.15, 0.2) is 6.61 Å². The summed E-state index contributed by atoms with van der Waals surface area (Å²) in [6.07, 6.45) is 5.56. The van der Waals surface area contributed by atoms with E-state index in [1.807, 2.05) is 6.07 Å². The quantitative estimate of drug-likeness (QED) is 0.801. The van der Waals surface area contributed by atoms with Crippen LogP contribution in [0.25, 0.3) is 0 Å². The van der Waals surface area contributed by atoms with E-state index in [-0.39, 0.29) is 18.6 Å². The summed E-state index contributed by atoms with van der Waals surface area (Å²) < 4.78 is 5.06. The molecule has 1 saturated carbocycles. The highest BCUT2D eigenvalue weighted by atomic mass is 16.5. The van der Waals surface area contributed by atoms with E-state index in [1.54, 1.807) is 24.1 Å². The fourth-order valence-electron chi connectivity index (χ4n) is 2.67. The zero-order chi connectivity index (χ0) is 15.9. The van der Waals surface area contributed by atoms with Crippen LogP contribution in [0.4, 0.5) is 0 Å². The number of hydrogen-bond donors (Lipinski definition) is 0. The summed E-state index contributed by atoms with van der Waals surface area (Å²) in [5.74, 6) is -0.719. The number of nitrogens with zero attached hydrogens (tertiary/aromatic N) is 2. The van der Waals surface area contributed by atoms with E-state index >= 15 is 0 Å². The van der Waals surface area contributed by atoms with Gasteiger partial charge in [-0.3, -0.25) is 4.79 Å². The monoisotopic (exact) mass is 300 g/mol. The van der Waals surface area contributed by atoms with Gasteiger partial charge in [-0.25, -0.2) is 4.79 Å². The zero-order valence-electron chi connectivity index (χ0n) is 12.7. The molecular formula is C17H20N2O3. The Labute approximate surface area is 130 Å². The van der Waals surface area contributed by atoms with Crippen molar-refractivity contribution in [2.24, 2.45) is 0 Å². The van der Waals surface area contributed by atoms with Crippen molar-refractivity contribution in [2.75, 3.05) is 13.7 Å². The lowest BCUT2D eigenvalue weighted by Crippen LogP contribution is -2.40. The fourth-order valence-corrected chi connectivity index (χ4v) is 2.67. The number of carbonyl (C=O) groups is 2. The maximum atomic E-state index is 12.1. The van der Waals surface area contributed by atoms with Crippen LogP contribution in [0.5, 0.6) is 0 Å². The van der Waals surface area contributed by atoms with Crippen LogP contribution in [-0.4, -0.2) is 36.5 Å². The van der Waals surface area contributed by atoms with E-state index in [9.17, 15) is 9.59 Å². The van der Waals surface area contributed by atoms with Crippen molar-refractivity contribution in [3.05, 3.63) is 35.4 Å². The first-order valence-corrected chi connectivity index (χ1v) is 7.55. The van der Waals surface area contributed by atoms with Crippen LogP contribution in [-0.2, 0) is 9.53 Å². The lowest BCUT2D eigenvalue weighted by molar-refractivity contribution is -0.135. The largest absolute Gasteiger partial charge is 0.452 e. The fraction of sp³-hybridized carbons (Fsp3) is 0.471. The van der Waals surface area contributed by atoms with Crippen molar-refractivity contribution >= 4 is 11.9 Å². The molecule has 1 aliphatic rings. The number of carbonyl (C=O) groups excluding carboxylic acids is 2. The van der Waals surface area contributed by atoms with Gasteiger partial charge in [-0.05, 0) is 37.1 Å². The molecule has 1 aliphatic carbocycles. The van der Waals surface area contributed by atoms with Crippen molar-refractivity contribution in [3.63, 3.8) is 0 Å². The number of amides is 1. The second kappa shape index (κ2) is 7.60. The van der Waals surface area contributed by atoms with Gasteiger partial charge in [0.1, 0.15) is 0 Å². The van der Waals surface area contributed by atoms with E-state index in [1.165, 1.54) is 18.6 Å². The van der Waals surface area contributed by atoms with E-state index in [0.717, 1.165) is 25.7 Å². The third kappa shape index (κ3) is 4.08. The summed E-state index contributed by atoms with van der Waals surface area (Å²) in [7, 11) is 1.77. The zero-order valence-corrected chi connectivity index (χ0v) is 12.7. The van der Waals surface area contributed by atoms with E-state index in [2.05, 4.69) is 0 Å². The molecule has 116 valence electrons. The Morgan fingerprint density at radius 2 is 1.86 bits per heavy atom. The first kappa shape index (κ1) is 16.0. The van der Waals surface area contributed by atoms with Crippen LogP contribution >= 0.6 is 0 Å². The molecular weight excluding hydrogens is 280 g/mol. The molecule has 1 fully saturated rings. The van der Waals surface area contributed by atoms with Gasteiger partial charge in [0.2, 0.25) is 0 Å². The van der Waals surface area contributed by atoms with Crippen molar-refractivity contribution in [1.82, 2.24) is 4.90 Å². The first-order chi connectivity index (χ1) is 10.6. The summed E-state index contributed by atoms with van der Waals surface area (Å²) in [4.78, 5) is 25.7. The third-order valence-corrected chi connectivity index (χ3v) is 4.09. The molecule has 5 nitrogen and oxygen atoms in total. The molecule has 0 unspecified atom stereocenters. The maximum absolute atomic E-state index is 12.1. The van der Waals surface area contributed by atoms with Crippen molar-refractivity contribution in [2.45, 2.75) is 38.1 Å². The smallest absolute Gasteiger partial charge is 0.338 e. The lowest BCUT2D eigenvalue weighted by Gasteiger charge is -2.31. The minimum atomic E-state index is -0.546. The number of rotatable bonds is 4. The Bertz CT molecular complexity index is 569. The van der Waals surface area contributed by atoms with Gasteiger partial charge in [-0.2, -0.15) is 5.26 Å². The van der Waals surface area contributed by atoms with Crippen molar-refractivity contribution < 1.29 is 14.3 Å². The summed E-state index contributed by atoms with van der Waals surface area (Å²) in [5, 5.41) is 8.71. The van der Waals surface area contributed by atoms with Crippen LogP contribution in [0, 0.1) is 11.3 Å². The molecule has 0 radical (unpaired) electrons. The molecule has 1 aromatic rings. The molecule has 0 bridgehead atoms. The number of hydrogen-bond acceptors (Lipinski definition) is 4. The molecule has 0 heterocycles. The molecule has 5 heteroatoms. The summed E-state index contributed by atoms with van der Waals surface area (Å²) in [5.41, 5.74) is 0.816. The highest BCUT2D eigenvalue weighted by molar-refractivity contribution is 5.91. The minimum absolute atomic E-state index is 0.172. The standard InChI is InChI=1S/C17H20N2O3/c1-19(15-5-3-2-4-6-15)16(20)12-22-17(21)14-9-7-13(11-18)8-10-14/h7-10,15H,2-6,12H2,1H3. The van der Waals surface area contributed by atoms with Crippen LogP contribution < -0.4 is 0 Å². The normalized spacial score (nSPS) is 14.9. The van der Waals surface area contributed by atoms with Gasteiger partial charge in [0.25, 0.3) is 5.91 Å². The Morgan fingerprint density at radius 3 is 2.45 bits per heavy atom. The van der Waals surface area contributed by atoms with Crippen LogP contribution in [0.1, 0.15) is 48.0 Å². The Morgan fingerprint density at radius 1 is 1.23 bits per heavy atom. The Balaban J connectivity index is 1.84. The van der Waals surface area contributed by atoms with Gasteiger partial charge in [0, 0.05) is 13.1 Å². The molecule has 0 aliphatic heterocycles. The van der Waals surface area contributed by atoms with Crippen LogP contribution in [0.3, 0.4) is 0 Å². The van der Waals surface area contributed by atoms with Crippen molar-refractivity contribution in [1.29, 1.82) is 5.26 Å². The number of esters is 1. The number of likely N-dealkylation sites (N-methyl/N-ethyl adjacent to an activating group) is 1. The average Bonchev–Trinajstić information content (AvgIpc) is 2.59. The highest BCUT2D eigenvalue weighted by Crippen LogP contribution is 2.21. The van der Waals surface area contributed by atoms with Crippen LogP contribution in [0.2, 0.25) is 0 Å². The van der Waals surface area contributed by atoms with Gasteiger partial charge in [-0.15, -0.1) is 0 Å². The molecule has 0 atom stereocenters. The summed E-state index contributed by atoms with van der Waals surface area (Å²) in [6.45, 7) is -0.244. The average molecular weight is 300 g/mol. The van der Waals surface area contributed by atoms with E-state index in [4.69, 9.17) is 10.00 Å². The Kier molecular flexibility index (Phi) is 5.54. The first-order valence-electron chi connectivity index (χ1n) is 7.55. The molecule has 2 rings (SSSR count). The number of benzene rings is 1. The minimum Gasteiger partial charge on any atom is -0.452 e. The topological polar surface area (TPSA) is 70.4 Å². The SMILES string of the molecule is CN(C(=O)COC(=O)c1ccc(C#N)cc1)C1CCCCC1. The number of ether oxygens (including phenoxy) is 1. The van der Waals surface area contributed by atoms with Gasteiger partial charge in [0.05, 0.1) is 17.2 Å². The van der Waals surface area contributed by atoms with E-state index < -0.39 is 5.97 Å². The molecule has 0 N–H and O–H groups in total. The molecule has 0 saturated heterocycles. The molecule has 0 aromatic heterocycles. The molecule has 1 aromatic carbocycles. The molecule has 0 spiro atoms.